The first-order chi connectivity index (χ1) is 15.2. The number of aromatic carboxylic acids is 1. The van der Waals surface area contributed by atoms with Crippen LogP contribution in [0.3, 0.4) is 0 Å². The number of fused-ring (bicyclic) bond motifs is 2. The number of carboxylic acid groups (broad SMARTS) is 1. The van der Waals surface area contributed by atoms with Crippen LogP contribution in [0.5, 0.6) is 0 Å². The minimum Gasteiger partial charge on any atom is -0.478 e. The highest BCUT2D eigenvalue weighted by Gasteiger charge is 2.21. The van der Waals surface area contributed by atoms with Crippen LogP contribution in [0.25, 0.3) is 28.1 Å². The van der Waals surface area contributed by atoms with Crippen LogP contribution in [0.1, 0.15) is 10.4 Å². The molecule has 0 aliphatic rings. The molecule has 0 fully saturated rings. The van der Waals surface area contributed by atoms with Gasteiger partial charge in [-0.2, -0.15) is 0 Å². The number of ether oxygens (including phenoxy) is 1. The highest BCUT2D eigenvalue weighted by atomic mass is 32.2. The minimum absolute atomic E-state index is 0.0443. The van der Waals surface area contributed by atoms with E-state index >= 15 is 0 Å². The van der Waals surface area contributed by atoms with E-state index in [9.17, 15) is 14.3 Å². The summed E-state index contributed by atoms with van der Waals surface area (Å²) in [5.74, 6) is -1.47. The lowest BCUT2D eigenvalue weighted by atomic mass is 10.2. The molecule has 0 spiro atoms. The molecular formula is C21H24FN5O3SSi. The molecule has 0 saturated carbocycles. The molecule has 0 aromatic carbocycles. The molecule has 4 heterocycles. The summed E-state index contributed by atoms with van der Waals surface area (Å²) < 4.78 is 22.8. The third-order valence-electron chi connectivity index (χ3n) is 5.02. The number of rotatable bonds is 8. The van der Waals surface area contributed by atoms with Gasteiger partial charge in [0.15, 0.2) is 10.8 Å². The summed E-state index contributed by atoms with van der Waals surface area (Å²) in [6.45, 7) is 7.62. The van der Waals surface area contributed by atoms with Gasteiger partial charge < -0.3 is 14.4 Å². The lowest BCUT2D eigenvalue weighted by molar-refractivity contribution is 0.0696. The van der Waals surface area contributed by atoms with Crippen molar-refractivity contribution < 1.29 is 19.0 Å². The maximum absolute atomic E-state index is 13.7. The number of halogens is 1. The molecule has 0 bridgehead atoms. The summed E-state index contributed by atoms with van der Waals surface area (Å²) in [4.78, 5) is 25.5. The van der Waals surface area contributed by atoms with Crippen molar-refractivity contribution in [3.05, 3.63) is 42.1 Å². The molecule has 0 radical (unpaired) electrons. The van der Waals surface area contributed by atoms with Crippen LogP contribution in [0.2, 0.25) is 25.7 Å². The fourth-order valence-electron chi connectivity index (χ4n) is 3.33. The van der Waals surface area contributed by atoms with Crippen molar-refractivity contribution in [3.8, 4) is 11.4 Å². The SMILES string of the molecule is CSc1nc(-c2cnc3c(n2)c(C(=O)O)cn3COCC[Si](C)(C)C)c2ccc(F)cn12. The van der Waals surface area contributed by atoms with Gasteiger partial charge in [0.05, 0.1) is 11.7 Å². The molecule has 0 aliphatic heterocycles. The van der Waals surface area contributed by atoms with Crippen molar-refractivity contribution in [2.45, 2.75) is 37.6 Å². The molecule has 1 N–H and O–H groups in total. The highest BCUT2D eigenvalue weighted by Crippen LogP contribution is 2.29. The van der Waals surface area contributed by atoms with Crippen LogP contribution < -0.4 is 0 Å². The summed E-state index contributed by atoms with van der Waals surface area (Å²) in [5, 5.41) is 10.3. The fraction of sp³-hybridized carbons (Fsp3) is 0.333. The van der Waals surface area contributed by atoms with E-state index in [1.165, 1.54) is 30.2 Å². The second kappa shape index (κ2) is 8.64. The van der Waals surface area contributed by atoms with E-state index in [2.05, 4.69) is 34.6 Å². The number of hydrogen-bond acceptors (Lipinski definition) is 6. The van der Waals surface area contributed by atoms with Crippen molar-refractivity contribution >= 4 is 42.5 Å². The first kappa shape index (κ1) is 22.4. The number of carbonyl (C=O) groups is 1. The van der Waals surface area contributed by atoms with E-state index in [-0.39, 0.29) is 23.6 Å². The molecule has 0 unspecified atom stereocenters. The van der Waals surface area contributed by atoms with Crippen LogP contribution in [0.4, 0.5) is 4.39 Å². The quantitative estimate of drug-likeness (QED) is 0.227. The lowest BCUT2D eigenvalue weighted by Crippen LogP contribution is -2.22. The average molecular weight is 474 g/mol. The highest BCUT2D eigenvalue weighted by molar-refractivity contribution is 7.98. The van der Waals surface area contributed by atoms with Crippen LogP contribution >= 0.6 is 11.8 Å². The number of carboxylic acids is 1. The monoisotopic (exact) mass is 473 g/mol. The standard InChI is InChI=1S/C21H24FN5O3SSi/c1-31-21-25-18(16-6-5-13(22)10-27(16)21)15-9-23-19-17(24-15)14(20(28)29)11-26(19)12-30-7-8-32(2,3)4/h5-6,9-11H,7-8,12H2,1-4H3,(H,28,29). The third-order valence-corrected chi connectivity index (χ3v) is 7.37. The molecule has 0 aliphatic carbocycles. The molecule has 4 aromatic heterocycles. The second-order valence-electron chi connectivity index (χ2n) is 8.64. The van der Waals surface area contributed by atoms with Gasteiger partial charge in [-0.3, -0.25) is 4.40 Å². The van der Waals surface area contributed by atoms with Gasteiger partial charge in [0, 0.05) is 27.1 Å². The Bertz CT molecular complexity index is 1310. The Hall–Kier alpha value is -2.76. The number of aromatic nitrogens is 5. The number of thioether (sulfide) groups is 1. The molecular weight excluding hydrogens is 449 g/mol. The van der Waals surface area contributed by atoms with Gasteiger partial charge in [-0.1, -0.05) is 31.4 Å². The van der Waals surface area contributed by atoms with E-state index in [4.69, 9.17) is 4.74 Å². The molecule has 4 rings (SSSR count). The Kier molecular flexibility index (Phi) is 6.06. The predicted molar refractivity (Wildman–Crippen MR) is 125 cm³/mol. The zero-order valence-electron chi connectivity index (χ0n) is 18.3. The maximum atomic E-state index is 13.7. The number of nitrogens with zero attached hydrogens (tertiary/aromatic N) is 5. The van der Waals surface area contributed by atoms with E-state index in [1.807, 2.05) is 6.26 Å². The van der Waals surface area contributed by atoms with Crippen molar-refractivity contribution in [3.63, 3.8) is 0 Å². The van der Waals surface area contributed by atoms with Crippen molar-refractivity contribution in [1.29, 1.82) is 0 Å². The number of imidazole rings is 1. The van der Waals surface area contributed by atoms with Gasteiger partial charge in [0.2, 0.25) is 0 Å². The Morgan fingerprint density at radius 3 is 2.72 bits per heavy atom. The third kappa shape index (κ3) is 4.41. The molecule has 8 nitrogen and oxygen atoms in total. The first-order valence-corrected chi connectivity index (χ1v) is 15.0. The summed E-state index contributed by atoms with van der Waals surface area (Å²) in [5.41, 5.74) is 2.33. The van der Waals surface area contributed by atoms with Gasteiger partial charge in [-0.15, -0.1) is 0 Å². The van der Waals surface area contributed by atoms with Gasteiger partial charge in [0.1, 0.15) is 35.0 Å². The normalized spacial score (nSPS) is 12.2. The van der Waals surface area contributed by atoms with E-state index in [0.717, 1.165) is 6.04 Å². The topological polar surface area (TPSA) is 94.5 Å². The average Bonchev–Trinajstić information content (AvgIpc) is 3.28. The van der Waals surface area contributed by atoms with Crippen LogP contribution in [-0.2, 0) is 11.5 Å². The summed E-state index contributed by atoms with van der Waals surface area (Å²) in [6, 6.07) is 3.99. The molecule has 32 heavy (non-hydrogen) atoms. The summed E-state index contributed by atoms with van der Waals surface area (Å²) in [7, 11) is -1.22. The number of hydrogen-bond donors (Lipinski definition) is 1. The Morgan fingerprint density at radius 1 is 1.25 bits per heavy atom. The van der Waals surface area contributed by atoms with Crippen LogP contribution in [0.15, 0.2) is 35.9 Å². The van der Waals surface area contributed by atoms with Crippen LogP contribution in [0, 0.1) is 5.82 Å². The van der Waals surface area contributed by atoms with Crippen LogP contribution in [-0.4, -0.2) is 55.9 Å². The second-order valence-corrected chi connectivity index (χ2v) is 15.0. The molecule has 0 saturated heterocycles. The maximum Gasteiger partial charge on any atom is 0.339 e. The number of pyridine rings is 1. The molecule has 0 amide bonds. The smallest absolute Gasteiger partial charge is 0.339 e. The van der Waals surface area contributed by atoms with Gasteiger partial charge in [-0.05, 0) is 24.4 Å². The lowest BCUT2D eigenvalue weighted by Gasteiger charge is -2.15. The van der Waals surface area contributed by atoms with Crippen molar-refractivity contribution in [2.75, 3.05) is 12.9 Å². The summed E-state index contributed by atoms with van der Waals surface area (Å²) in [6.07, 6.45) is 6.27. The molecule has 4 aromatic rings. The van der Waals surface area contributed by atoms with Gasteiger partial charge >= 0.3 is 5.97 Å². The Morgan fingerprint density at radius 2 is 2.03 bits per heavy atom. The molecule has 0 atom stereocenters. The minimum atomic E-state index is -1.22. The molecule has 168 valence electrons. The molecule has 11 heteroatoms. The first-order valence-electron chi connectivity index (χ1n) is 10.1. The van der Waals surface area contributed by atoms with E-state index in [0.29, 0.717) is 34.3 Å². The predicted octanol–water partition coefficient (Wildman–Crippen LogP) is 4.62. The van der Waals surface area contributed by atoms with Crippen molar-refractivity contribution in [2.24, 2.45) is 0 Å². The fourth-order valence-corrected chi connectivity index (χ4v) is 4.61. The van der Waals surface area contributed by atoms with Gasteiger partial charge in [0.25, 0.3) is 0 Å². The summed E-state index contributed by atoms with van der Waals surface area (Å²) >= 11 is 1.38. The van der Waals surface area contributed by atoms with E-state index in [1.54, 1.807) is 21.2 Å². The van der Waals surface area contributed by atoms with Gasteiger partial charge in [-0.25, -0.2) is 24.1 Å². The van der Waals surface area contributed by atoms with Crippen molar-refractivity contribution in [1.82, 2.24) is 23.9 Å². The zero-order chi connectivity index (χ0) is 23.0. The Labute approximate surface area is 189 Å². The largest absolute Gasteiger partial charge is 0.478 e. The zero-order valence-corrected chi connectivity index (χ0v) is 20.1. The van der Waals surface area contributed by atoms with E-state index < -0.39 is 14.0 Å². The Balaban J connectivity index is 1.74.